The Kier molecular flexibility index (Phi) is 7.17. The number of rotatable bonds is 7. The zero-order chi connectivity index (χ0) is 18.5. The van der Waals surface area contributed by atoms with Crippen LogP contribution in [0.2, 0.25) is 0 Å². The van der Waals surface area contributed by atoms with Crippen molar-refractivity contribution in [2.45, 2.75) is 64.7 Å². The first kappa shape index (κ1) is 20.8. The molecule has 3 atom stereocenters. The number of carboxylic acids is 1. The Morgan fingerprint density at radius 3 is 1.96 bits per heavy atom. The summed E-state index contributed by atoms with van der Waals surface area (Å²) in [5, 5.41) is 11.8. The van der Waals surface area contributed by atoms with Crippen molar-refractivity contribution in [2.75, 3.05) is 0 Å². The molecule has 23 heavy (non-hydrogen) atoms. The fourth-order valence-corrected chi connectivity index (χ4v) is 2.05. The first-order chi connectivity index (χ1) is 10.3. The number of carbonyl (C=O) groups is 4. The molecule has 6 N–H and O–H groups in total. The SMILES string of the molecule is C[C@H](N)C(=O)N[C@H](C)C(=O)N([C@@H](CC(N)=O)C(=O)O)C(C)(C)C. The fourth-order valence-electron chi connectivity index (χ4n) is 2.05. The summed E-state index contributed by atoms with van der Waals surface area (Å²) in [6.07, 6.45) is -0.522. The Morgan fingerprint density at radius 1 is 1.17 bits per heavy atom. The van der Waals surface area contributed by atoms with Crippen molar-refractivity contribution in [1.82, 2.24) is 10.2 Å². The van der Waals surface area contributed by atoms with Crippen LogP contribution in [0.15, 0.2) is 0 Å². The van der Waals surface area contributed by atoms with Crippen LogP contribution in [0.1, 0.15) is 41.0 Å². The van der Waals surface area contributed by atoms with Crippen LogP contribution in [0.3, 0.4) is 0 Å². The minimum absolute atomic E-state index is 0.522. The number of hydrogen-bond donors (Lipinski definition) is 4. The quantitative estimate of drug-likeness (QED) is 0.459. The molecule has 0 saturated carbocycles. The van der Waals surface area contributed by atoms with Gasteiger partial charge in [-0.05, 0) is 34.6 Å². The van der Waals surface area contributed by atoms with Gasteiger partial charge in [-0.15, -0.1) is 0 Å². The third-order valence-electron chi connectivity index (χ3n) is 3.09. The van der Waals surface area contributed by atoms with Crippen LogP contribution in [0.4, 0.5) is 0 Å². The average Bonchev–Trinajstić information content (AvgIpc) is 2.34. The Morgan fingerprint density at radius 2 is 1.65 bits per heavy atom. The number of nitrogens with two attached hydrogens (primary N) is 2. The van der Waals surface area contributed by atoms with Crippen molar-refractivity contribution >= 4 is 23.7 Å². The van der Waals surface area contributed by atoms with E-state index in [1.54, 1.807) is 20.8 Å². The maximum atomic E-state index is 12.6. The van der Waals surface area contributed by atoms with E-state index in [1.807, 2.05) is 0 Å². The highest BCUT2D eigenvalue weighted by atomic mass is 16.4. The molecule has 0 fully saturated rings. The smallest absolute Gasteiger partial charge is 0.326 e. The molecule has 0 aromatic heterocycles. The number of nitrogens with zero attached hydrogens (tertiary/aromatic N) is 1. The molecule has 0 spiro atoms. The van der Waals surface area contributed by atoms with E-state index >= 15 is 0 Å². The van der Waals surface area contributed by atoms with Crippen molar-refractivity contribution in [1.29, 1.82) is 0 Å². The van der Waals surface area contributed by atoms with E-state index in [1.165, 1.54) is 13.8 Å². The number of hydrogen-bond acceptors (Lipinski definition) is 5. The lowest BCUT2D eigenvalue weighted by molar-refractivity contribution is -0.157. The number of aliphatic carboxylic acids is 1. The second-order valence-corrected chi connectivity index (χ2v) is 6.42. The predicted molar refractivity (Wildman–Crippen MR) is 83.1 cm³/mol. The summed E-state index contributed by atoms with van der Waals surface area (Å²) in [7, 11) is 0. The van der Waals surface area contributed by atoms with Crippen LogP contribution in [0, 0.1) is 0 Å². The van der Waals surface area contributed by atoms with E-state index in [0.29, 0.717) is 0 Å². The van der Waals surface area contributed by atoms with Gasteiger partial charge < -0.3 is 26.8 Å². The van der Waals surface area contributed by atoms with E-state index in [9.17, 15) is 24.3 Å². The Hall–Kier alpha value is -2.16. The van der Waals surface area contributed by atoms with E-state index in [4.69, 9.17) is 11.5 Å². The number of amides is 3. The minimum atomic E-state index is -1.42. The highest BCUT2D eigenvalue weighted by Crippen LogP contribution is 2.21. The van der Waals surface area contributed by atoms with E-state index in [-0.39, 0.29) is 0 Å². The lowest BCUT2D eigenvalue weighted by Gasteiger charge is -2.41. The molecule has 132 valence electrons. The summed E-state index contributed by atoms with van der Waals surface area (Å²) in [5.41, 5.74) is 9.61. The number of carbonyl (C=O) groups excluding carboxylic acids is 3. The van der Waals surface area contributed by atoms with Crippen molar-refractivity contribution < 1.29 is 24.3 Å². The number of nitrogens with one attached hydrogen (secondary N) is 1. The molecule has 0 unspecified atom stereocenters. The van der Waals surface area contributed by atoms with Gasteiger partial charge in [0.1, 0.15) is 12.1 Å². The molecule has 0 radical (unpaired) electrons. The van der Waals surface area contributed by atoms with Crippen LogP contribution in [-0.4, -0.2) is 57.4 Å². The maximum Gasteiger partial charge on any atom is 0.326 e. The molecule has 0 bridgehead atoms. The van der Waals surface area contributed by atoms with Crippen LogP contribution >= 0.6 is 0 Å². The number of primary amides is 1. The summed E-state index contributed by atoms with van der Waals surface area (Å²) in [4.78, 5) is 47.9. The monoisotopic (exact) mass is 330 g/mol. The Balaban J connectivity index is 5.54. The van der Waals surface area contributed by atoms with Crippen LogP contribution in [0.5, 0.6) is 0 Å². The molecular formula is C14H26N4O5. The average molecular weight is 330 g/mol. The van der Waals surface area contributed by atoms with Gasteiger partial charge >= 0.3 is 5.97 Å². The molecule has 9 nitrogen and oxygen atoms in total. The second-order valence-electron chi connectivity index (χ2n) is 6.42. The summed E-state index contributed by atoms with van der Waals surface area (Å²) in [6, 6.07) is -3.23. The summed E-state index contributed by atoms with van der Waals surface area (Å²) >= 11 is 0. The van der Waals surface area contributed by atoms with Gasteiger partial charge in [0.2, 0.25) is 17.7 Å². The molecule has 0 aromatic rings. The van der Waals surface area contributed by atoms with Gasteiger partial charge in [-0.3, -0.25) is 14.4 Å². The molecule has 0 rings (SSSR count). The maximum absolute atomic E-state index is 12.6. The van der Waals surface area contributed by atoms with E-state index in [0.717, 1.165) is 4.90 Å². The lowest BCUT2D eigenvalue weighted by Crippen LogP contribution is -2.61. The largest absolute Gasteiger partial charge is 0.480 e. The third kappa shape index (κ3) is 6.23. The van der Waals surface area contributed by atoms with Gasteiger partial charge in [-0.2, -0.15) is 0 Å². The van der Waals surface area contributed by atoms with E-state index in [2.05, 4.69) is 5.32 Å². The summed E-state index contributed by atoms with van der Waals surface area (Å²) < 4.78 is 0. The van der Waals surface area contributed by atoms with Crippen LogP contribution in [0.25, 0.3) is 0 Å². The van der Waals surface area contributed by atoms with Crippen molar-refractivity contribution in [2.24, 2.45) is 11.5 Å². The van der Waals surface area contributed by atoms with Gasteiger partial charge in [0.05, 0.1) is 12.5 Å². The highest BCUT2D eigenvalue weighted by molar-refractivity contribution is 5.93. The normalized spacial score (nSPS) is 15.2. The zero-order valence-electron chi connectivity index (χ0n) is 14.1. The van der Waals surface area contributed by atoms with Crippen LogP contribution in [-0.2, 0) is 19.2 Å². The first-order valence-electron chi connectivity index (χ1n) is 7.19. The molecule has 3 amide bonds. The van der Waals surface area contributed by atoms with Gasteiger partial charge in [0.15, 0.2) is 0 Å². The fraction of sp³-hybridized carbons (Fsp3) is 0.714. The highest BCUT2D eigenvalue weighted by Gasteiger charge is 2.40. The third-order valence-corrected chi connectivity index (χ3v) is 3.09. The van der Waals surface area contributed by atoms with Crippen molar-refractivity contribution in [3.05, 3.63) is 0 Å². The first-order valence-corrected chi connectivity index (χ1v) is 7.19. The molecule has 9 heteroatoms. The topological polar surface area (TPSA) is 156 Å². The minimum Gasteiger partial charge on any atom is -0.480 e. The predicted octanol–water partition coefficient (Wildman–Crippen LogP) is -1.21. The Labute approximate surface area is 135 Å². The Bertz CT molecular complexity index is 484. The molecule has 0 heterocycles. The van der Waals surface area contributed by atoms with Crippen molar-refractivity contribution in [3.8, 4) is 0 Å². The molecule has 0 aliphatic heterocycles. The molecule has 0 saturated heterocycles. The van der Waals surface area contributed by atoms with Gasteiger partial charge in [-0.1, -0.05) is 0 Å². The van der Waals surface area contributed by atoms with Gasteiger partial charge in [-0.25, -0.2) is 4.79 Å². The summed E-state index contributed by atoms with van der Waals surface area (Å²) in [6.45, 7) is 7.76. The van der Waals surface area contributed by atoms with Gasteiger partial charge in [0, 0.05) is 5.54 Å². The van der Waals surface area contributed by atoms with E-state index < -0.39 is 53.8 Å². The van der Waals surface area contributed by atoms with Crippen LogP contribution < -0.4 is 16.8 Å². The zero-order valence-corrected chi connectivity index (χ0v) is 14.1. The second kappa shape index (κ2) is 7.91. The molecule has 0 aromatic carbocycles. The van der Waals surface area contributed by atoms with Crippen molar-refractivity contribution in [3.63, 3.8) is 0 Å². The van der Waals surface area contributed by atoms with Gasteiger partial charge in [0.25, 0.3) is 0 Å². The standard InChI is InChI=1S/C14H26N4O5/c1-7(15)11(20)17-8(2)12(21)18(14(3,4)5)9(13(22)23)6-10(16)19/h7-9H,6,15H2,1-5H3,(H2,16,19)(H,17,20)(H,22,23)/t7-,8+,9-/m0/s1. The summed E-state index contributed by atoms with van der Waals surface area (Å²) in [5.74, 6) is -3.37. The molecule has 0 aliphatic rings. The molecular weight excluding hydrogens is 304 g/mol. The lowest BCUT2D eigenvalue weighted by atomic mass is 9.99. The number of carboxylic acid groups (broad SMARTS) is 1. The molecule has 0 aliphatic carbocycles.